The third-order valence-corrected chi connectivity index (χ3v) is 2.83. The number of amides is 2. The standard InChI is InChI=1S/C11H13BrN2O4/c1-6(10(15)16)13-11(17)14-9-5-7(18-2)3-4-8(9)12/h3-6H,1-2H3,(H,15,16)(H2,13,14,17). The number of carboxylic acids is 1. The molecule has 1 rings (SSSR count). The van der Waals surface area contributed by atoms with Crippen molar-refractivity contribution in [2.45, 2.75) is 13.0 Å². The number of carbonyl (C=O) groups excluding carboxylic acids is 1. The van der Waals surface area contributed by atoms with Crippen molar-refractivity contribution in [2.24, 2.45) is 0 Å². The number of aliphatic carboxylic acids is 1. The van der Waals surface area contributed by atoms with Crippen LogP contribution in [-0.4, -0.2) is 30.3 Å². The van der Waals surface area contributed by atoms with Gasteiger partial charge in [-0.15, -0.1) is 0 Å². The quantitative estimate of drug-likeness (QED) is 0.793. The Labute approximate surface area is 112 Å². The average Bonchev–Trinajstić information content (AvgIpc) is 2.31. The van der Waals surface area contributed by atoms with Crippen molar-refractivity contribution >= 4 is 33.6 Å². The first-order valence-electron chi connectivity index (χ1n) is 5.08. The summed E-state index contributed by atoms with van der Waals surface area (Å²) in [6.45, 7) is 1.38. The number of nitrogens with one attached hydrogen (secondary N) is 2. The lowest BCUT2D eigenvalue weighted by Gasteiger charge is -2.12. The zero-order valence-corrected chi connectivity index (χ0v) is 11.4. The molecule has 0 fully saturated rings. The number of carboxylic acid groups (broad SMARTS) is 1. The molecule has 0 aliphatic carbocycles. The maximum atomic E-state index is 11.5. The summed E-state index contributed by atoms with van der Waals surface area (Å²) in [5, 5.41) is 13.5. The van der Waals surface area contributed by atoms with Gasteiger partial charge in [0.05, 0.1) is 12.8 Å². The Balaban J connectivity index is 2.72. The minimum Gasteiger partial charge on any atom is -0.497 e. The van der Waals surface area contributed by atoms with Crippen molar-refractivity contribution in [1.29, 1.82) is 0 Å². The molecule has 3 N–H and O–H groups in total. The smallest absolute Gasteiger partial charge is 0.325 e. The molecule has 0 aliphatic rings. The summed E-state index contributed by atoms with van der Waals surface area (Å²) >= 11 is 3.27. The van der Waals surface area contributed by atoms with Gasteiger partial charge in [-0.05, 0) is 35.0 Å². The number of hydrogen-bond acceptors (Lipinski definition) is 3. The molecule has 2 amide bonds. The number of carbonyl (C=O) groups is 2. The van der Waals surface area contributed by atoms with Crippen LogP contribution in [-0.2, 0) is 4.79 Å². The van der Waals surface area contributed by atoms with Crippen LogP contribution in [0.25, 0.3) is 0 Å². The van der Waals surface area contributed by atoms with Gasteiger partial charge in [-0.2, -0.15) is 0 Å². The van der Waals surface area contributed by atoms with Crippen LogP contribution in [0.3, 0.4) is 0 Å². The Morgan fingerprint density at radius 2 is 2.11 bits per heavy atom. The largest absolute Gasteiger partial charge is 0.497 e. The molecule has 18 heavy (non-hydrogen) atoms. The third kappa shape index (κ3) is 3.92. The summed E-state index contributed by atoms with van der Waals surface area (Å²) in [6, 6.07) is 3.50. The van der Waals surface area contributed by atoms with E-state index in [1.807, 2.05) is 0 Å². The van der Waals surface area contributed by atoms with Crippen molar-refractivity contribution in [2.75, 3.05) is 12.4 Å². The first kappa shape index (κ1) is 14.3. The van der Waals surface area contributed by atoms with Gasteiger partial charge in [0, 0.05) is 10.5 Å². The molecule has 6 nitrogen and oxygen atoms in total. The van der Waals surface area contributed by atoms with E-state index in [1.54, 1.807) is 18.2 Å². The van der Waals surface area contributed by atoms with Crippen LogP contribution in [0.4, 0.5) is 10.5 Å². The van der Waals surface area contributed by atoms with E-state index in [0.717, 1.165) is 0 Å². The van der Waals surface area contributed by atoms with E-state index in [4.69, 9.17) is 9.84 Å². The zero-order valence-electron chi connectivity index (χ0n) is 9.86. The molecule has 7 heteroatoms. The molecule has 98 valence electrons. The van der Waals surface area contributed by atoms with Gasteiger partial charge in [-0.25, -0.2) is 4.79 Å². The SMILES string of the molecule is COc1ccc(Br)c(NC(=O)NC(C)C(=O)O)c1. The van der Waals surface area contributed by atoms with Gasteiger partial charge < -0.3 is 20.5 Å². The molecule has 1 aromatic rings. The number of methoxy groups -OCH3 is 1. The number of urea groups is 1. The minimum atomic E-state index is -1.10. The van der Waals surface area contributed by atoms with E-state index in [2.05, 4.69) is 26.6 Å². The van der Waals surface area contributed by atoms with E-state index in [9.17, 15) is 9.59 Å². The first-order chi connectivity index (χ1) is 8.43. The van der Waals surface area contributed by atoms with Gasteiger partial charge >= 0.3 is 12.0 Å². The van der Waals surface area contributed by atoms with E-state index in [-0.39, 0.29) is 0 Å². The Hall–Kier alpha value is -1.76. The second-order valence-corrected chi connectivity index (χ2v) is 4.36. The van der Waals surface area contributed by atoms with Crippen LogP contribution >= 0.6 is 15.9 Å². The number of anilines is 1. The van der Waals surface area contributed by atoms with Crippen LogP contribution in [0.2, 0.25) is 0 Å². The maximum absolute atomic E-state index is 11.5. The number of hydrogen-bond donors (Lipinski definition) is 3. The van der Waals surface area contributed by atoms with E-state index >= 15 is 0 Å². The fourth-order valence-electron chi connectivity index (χ4n) is 1.14. The molecule has 0 aliphatic heterocycles. The molecule has 0 heterocycles. The number of ether oxygens (including phenoxy) is 1. The summed E-state index contributed by atoms with van der Waals surface area (Å²) in [7, 11) is 1.51. The molecular weight excluding hydrogens is 304 g/mol. The molecular formula is C11H13BrN2O4. The highest BCUT2D eigenvalue weighted by atomic mass is 79.9. The molecule has 0 bridgehead atoms. The fraction of sp³-hybridized carbons (Fsp3) is 0.273. The lowest BCUT2D eigenvalue weighted by atomic mass is 10.3. The lowest BCUT2D eigenvalue weighted by Crippen LogP contribution is -2.40. The Kier molecular flexibility index (Phi) is 4.96. The summed E-state index contributed by atoms with van der Waals surface area (Å²) in [5.74, 6) is -0.519. The summed E-state index contributed by atoms with van der Waals surface area (Å²) < 4.78 is 5.69. The van der Waals surface area contributed by atoms with Crippen molar-refractivity contribution in [3.63, 3.8) is 0 Å². The van der Waals surface area contributed by atoms with E-state index < -0.39 is 18.0 Å². The molecule has 1 atom stereocenters. The van der Waals surface area contributed by atoms with Gasteiger partial charge in [0.25, 0.3) is 0 Å². The van der Waals surface area contributed by atoms with E-state index in [0.29, 0.717) is 15.9 Å². The molecule has 0 radical (unpaired) electrons. The normalized spacial score (nSPS) is 11.5. The second kappa shape index (κ2) is 6.25. The van der Waals surface area contributed by atoms with Gasteiger partial charge in [0.2, 0.25) is 0 Å². The third-order valence-electron chi connectivity index (χ3n) is 2.14. The van der Waals surface area contributed by atoms with Gasteiger partial charge in [0.15, 0.2) is 0 Å². The van der Waals surface area contributed by atoms with Crippen LogP contribution in [0.15, 0.2) is 22.7 Å². The highest BCUT2D eigenvalue weighted by Crippen LogP contribution is 2.26. The van der Waals surface area contributed by atoms with E-state index in [1.165, 1.54) is 14.0 Å². The monoisotopic (exact) mass is 316 g/mol. The van der Waals surface area contributed by atoms with Gasteiger partial charge in [0.1, 0.15) is 11.8 Å². The second-order valence-electron chi connectivity index (χ2n) is 3.50. The van der Waals surface area contributed by atoms with Crippen LogP contribution in [0.1, 0.15) is 6.92 Å². The van der Waals surface area contributed by atoms with Crippen molar-refractivity contribution < 1.29 is 19.4 Å². The Morgan fingerprint density at radius 3 is 2.67 bits per heavy atom. The summed E-state index contributed by atoms with van der Waals surface area (Å²) in [5.41, 5.74) is 0.490. The maximum Gasteiger partial charge on any atom is 0.325 e. The molecule has 0 aromatic heterocycles. The van der Waals surface area contributed by atoms with Gasteiger partial charge in [-0.1, -0.05) is 0 Å². The van der Waals surface area contributed by atoms with Crippen molar-refractivity contribution in [3.05, 3.63) is 22.7 Å². The number of benzene rings is 1. The average molecular weight is 317 g/mol. The lowest BCUT2D eigenvalue weighted by molar-refractivity contribution is -0.138. The Morgan fingerprint density at radius 1 is 1.44 bits per heavy atom. The molecule has 0 spiro atoms. The fourth-order valence-corrected chi connectivity index (χ4v) is 1.49. The Bertz CT molecular complexity index is 464. The van der Waals surface area contributed by atoms with Crippen LogP contribution in [0.5, 0.6) is 5.75 Å². The molecule has 0 saturated carbocycles. The van der Waals surface area contributed by atoms with Gasteiger partial charge in [-0.3, -0.25) is 4.79 Å². The molecule has 1 aromatic carbocycles. The molecule has 1 unspecified atom stereocenters. The van der Waals surface area contributed by atoms with Crippen LogP contribution in [0, 0.1) is 0 Å². The zero-order chi connectivity index (χ0) is 13.7. The minimum absolute atomic E-state index is 0.490. The molecule has 0 saturated heterocycles. The summed E-state index contributed by atoms with van der Waals surface area (Å²) in [6.07, 6.45) is 0. The highest BCUT2D eigenvalue weighted by molar-refractivity contribution is 9.10. The predicted molar refractivity (Wildman–Crippen MR) is 69.9 cm³/mol. The first-order valence-corrected chi connectivity index (χ1v) is 5.87. The van der Waals surface area contributed by atoms with Crippen molar-refractivity contribution in [3.8, 4) is 5.75 Å². The number of halogens is 1. The topological polar surface area (TPSA) is 87.7 Å². The highest BCUT2D eigenvalue weighted by Gasteiger charge is 2.14. The number of rotatable bonds is 4. The van der Waals surface area contributed by atoms with Crippen molar-refractivity contribution in [1.82, 2.24) is 5.32 Å². The van der Waals surface area contributed by atoms with Crippen LogP contribution < -0.4 is 15.4 Å². The summed E-state index contributed by atoms with van der Waals surface area (Å²) in [4.78, 5) is 22.1. The predicted octanol–water partition coefficient (Wildman–Crippen LogP) is 2.05.